The average Bonchev–Trinajstić information content (AvgIpc) is 2.48. The van der Waals surface area contributed by atoms with Crippen LogP contribution >= 0.6 is 0 Å². The number of nitrogens with zero attached hydrogens (tertiary/aromatic N) is 1. The van der Waals surface area contributed by atoms with E-state index in [-0.39, 0.29) is 11.4 Å². The third-order valence-electron chi connectivity index (χ3n) is 3.37. The van der Waals surface area contributed by atoms with Gasteiger partial charge in [0.2, 0.25) is 0 Å². The maximum absolute atomic E-state index is 11.9. The lowest BCUT2D eigenvalue weighted by Gasteiger charge is -2.34. The number of hydrogen-bond acceptors (Lipinski definition) is 4. The van der Waals surface area contributed by atoms with Crippen LogP contribution in [0.2, 0.25) is 0 Å². The van der Waals surface area contributed by atoms with Crippen LogP contribution in [0.5, 0.6) is 0 Å². The highest BCUT2D eigenvalue weighted by atomic mass is 16.5. The first-order valence-corrected chi connectivity index (χ1v) is 6.81. The number of pyridine rings is 1. The molecule has 1 aromatic rings. The number of aromatic nitrogens is 1. The van der Waals surface area contributed by atoms with Gasteiger partial charge in [-0.15, -0.1) is 0 Å². The van der Waals surface area contributed by atoms with Crippen molar-refractivity contribution in [2.45, 2.75) is 44.6 Å². The van der Waals surface area contributed by atoms with E-state index in [1.54, 1.807) is 12.3 Å². The zero-order chi connectivity index (χ0) is 14.8. The zero-order valence-corrected chi connectivity index (χ0v) is 12.1. The fourth-order valence-corrected chi connectivity index (χ4v) is 2.29. The first kappa shape index (κ1) is 16.1. The Kier molecular flexibility index (Phi) is 6.70. The molecule has 1 aliphatic rings. The summed E-state index contributed by atoms with van der Waals surface area (Å²) in [6, 6.07) is 5.41. The summed E-state index contributed by atoms with van der Waals surface area (Å²) in [5.74, 6) is -0.0509. The van der Waals surface area contributed by atoms with Gasteiger partial charge in [0, 0.05) is 11.7 Å². The number of carbonyl (C=O) groups is 2. The van der Waals surface area contributed by atoms with Gasteiger partial charge in [-0.05, 0) is 31.9 Å². The van der Waals surface area contributed by atoms with Crippen LogP contribution in [-0.2, 0) is 9.53 Å². The molecule has 110 valence electrons. The van der Waals surface area contributed by atoms with Crippen molar-refractivity contribution in [1.29, 1.82) is 0 Å². The van der Waals surface area contributed by atoms with Gasteiger partial charge in [0.15, 0.2) is 0 Å². The van der Waals surface area contributed by atoms with Crippen LogP contribution in [0.3, 0.4) is 0 Å². The molecule has 0 unspecified atom stereocenters. The Morgan fingerprint density at radius 3 is 2.50 bits per heavy atom. The number of amides is 1. The molecule has 1 heterocycles. The Morgan fingerprint density at radius 1 is 1.35 bits per heavy atom. The molecule has 1 fully saturated rings. The Morgan fingerprint density at radius 2 is 2.00 bits per heavy atom. The Hall–Kier alpha value is -1.91. The molecule has 0 bridgehead atoms. The minimum absolute atomic E-state index is 0.0349. The minimum Gasteiger partial charge on any atom is -0.471 e. The summed E-state index contributed by atoms with van der Waals surface area (Å²) in [5.41, 5.74) is 0.474. The van der Waals surface area contributed by atoms with E-state index >= 15 is 0 Å². The highest BCUT2D eigenvalue weighted by molar-refractivity contribution is 5.92. The van der Waals surface area contributed by atoms with Gasteiger partial charge in [0.25, 0.3) is 12.4 Å². The van der Waals surface area contributed by atoms with Gasteiger partial charge in [0.1, 0.15) is 5.69 Å². The van der Waals surface area contributed by atoms with Crippen molar-refractivity contribution in [2.75, 3.05) is 7.11 Å². The van der Waals surface area contributed by atoms with E-state index in [4.69, 9.17) is 4.79 Å². The van der Waals surface area contributed by atoms with E-state index in [0.29, 0.717) is 12.2 Å². The molecule has 0 aromatic carbocycles. The summed E-state index contributed by atoms with van der Waals surface area (Å²) in [7, 11) is 1.31. The molecule has 5 heteroatoms. The Balaban J connectivity index is 0.000000444. The van der Waals surface area contributed by atoms with Crippen LogP contribution < -0.4 is 5.32 Å². The second kappa shape index (κ2) is 8.30. The summed E-state index contributed by atoms with van der Waals surface area (Å²) in [6.07, 6.45) is 7.50. The number of ether oxygens (including phenoxy) is 1. The van der Waals surface area contributed by atoms with Gasteiger partial charge < -0.3 is 10.1 Å². The zero-order valence-electron chi connectivity index (χ0n) is 12.1. The van der Waals surface area contributed by atoms with Gasteiger partial charge >= 0.3 is 0 Å². The standard InChI is InChI=1S/C13H18N2O.C2H4O2/c1-13(8-4-2-5-9-13)15-12(16)11-7-3-6-10-14-11;1-4-2-3/h3,6-7,10H,2,4-5,8-9H2,1H3,(H,15,16);2H,1H3. The highest BCUT2D eigenvalue weighted by Crippen LogP contribution is 2.27. The largest absolute Gasteiger partial charge is 0.471 e. The molecule has 0 atom stereocenters. The lowest BCUT2D eigenvalue weighted by atomic mass is 9.83. The van der Waals surface area contributed by atoms with Gasteiger partial charge in [-0.25, -0.2) is 0 Å². The predicted molar refractivity (Wildman–Crippen MR) is 76.3 cm³/mol. The highest BCUT2D eigenvalue weighted by Gasteiger charge is 2.28. The lowest BCUT2D eigenvalue weighted by molar-refractivity contribution is -0.126. The maximum atomic E-state index is 11.9. The number of methoxy groups -OCH3 is 1. The number of rotatable bonds is 3. The summed E-state index contributed by atoms with van der Waals surface area (Å²) >= 11 is 0. The van der Waals surface area contributed by atoms with Crippen molar-refractivity contribution in [1.82, 2.24) is 10.3 Å². The molecule has 0 saturated heterocycles. The maximum Gasteiger partial charge on any atom is 0.292 e. The van der Waals surface area contributed by atoms with Gasteiger partial charge in [-0.3, -0.25) is 14.6 Å². The summed E-state index contributed by atoms with van der Waals surface area (Å²) in [6.45, 7) is 2.51. The van der Waals surface area contributed by atoms with Crippen LogP contribution in [-0.4, -0.2) is 30.0 Å². The average molecular weight is 278 g/mol. The number of carbonyl (C=O) groups excluding carboxylic acids is 2. The molecule has 0 aliphatic heterocycles. The van der Waals surface area contributed by atoms with Gasteiger partial charge in [0.05, 0.1) is 7.11 Å². The monoisotopic (exact) mass is 278 g/mol. The molecular formula is C15H22N2O3. The molecule has 20 heavy (non-hydrogen) atoms. The second-order valence-electron chi connectivity index (χ2n) is 5.12. The van der Waals surface area contributed by atoms with Crippen molar-refractivity contribution >= 4 is 12.4 Å². The molecule has 1 amide bonds. The molecule has 0 radical (unpaired) electrons. The molecule has 2 rings (SSSR count). The minimum atomic E-state index is -0.0509. The molecule has 5 nitrogen and oxygen atoms in total. The molecule has 1 saturated carbocycles. The van der Waals surface area contributed by atoms with Crippen LogP contribution in [0.15, 0.2) is 24.4 Å². The van der Waals surface area contributed by atoms with Crippen molar-refractivity contribution in [2.24, 2.45) is 0 Å². The fraction of sp³-hybridized carbons (Fsp3) is 0.533. The molecule has 1 aromatic heterocycles. The lowest BCUT2D eigenvalue weighted by Crippen LogP contribution is -2.47. The Bertz CT molecular complexity index is 414. The first-order valence-electron chi connectivity index (χ1n) is 6.81. The van der Waals surface area contributed by atoms with Crippen molar-refractivity contribution in [3.8, 4) is 0 Å². The van der Waals surface area contributed by atoms with Crippen LogP contribution in [0.25, 0.3) is 0 Å². The predicted octanol–water partition coefficient (Wildman–Crippen LogP) is 2.32. The first-order chi connectivity index (χ1) is 9.61. The molecule has 1 aliphatic carbocycles. The van der Waals surface area contributed by atoms with Crippen LogP contribution in [0.1, 0.15) is 49.5 Å². The smallest absolute Gasteiger partial charge is 0.292 e. The normalized spacial score (nSPS) is 16.3. The third kappa shape index (κ3) is 5.38. The summed E-state index contributed by atoms with van der Waals surface area (Å²) in [4.78, 5) is 25.0. The van der Waals surface area contributed by atoms with E-state index in [9.17, 15) is 4.79 Å². The third-order valence-corrected chi connectivity index (χ3v) is 3.37. The second-order valence-corrected chi connectivity index (χ2v) is 5.12. The Labute approximate surface area is 119 Å². The van der Waals surface area contributed by atoms with E-state index in [1.165, 1.54) is 26.4 Å². The van der Waals surface area contributed by atoms with E-state index in [2.05, 4.69) is 22.0 Å². The van der Waals surface area contributed by atoms with Crippen LogP contribution in [0, 0.1) is 0 Å². The fourth-order valence-electron chi connectivity index (χ4n) is 2.29. The van der Waals surface area contributed by atoms with E-state index in [1.807, 2.05) is 12.1 Å². The number of hydrogen-bond donors (Lipinski definition) is 1. The quantitative estimate of drug-likeness (QED) is 0.862. The summed E-state index contributed by atoms with van der Waals surface area (Å²) in [5, 5.41) is 3.11. The summed E-state index contributed by atoms with van der Waals surface area (Å²) < 4.78 is 3.86. The molecule has 1 N–H and O–H groups in total. The van der Waals surface area contributed by atoms with E-state index < -0.39 is 0 Å². The molecular weight excluding hydrogens is 256 g/mol. The van der Waals surface area contributed by atoms with Gasteiger partial charge in [-0.1, -0.05) is 25.3 Å². The van der Waals surface area contributed by atoms with E-state index in [0.717, 1.165) is 12.8 Å². The van der Waals surface area contributed by atoms with Crippen molar-refractivity contribution < 1.29 is 14.3 Å². The van der Waals surface area contributed by atoms with Crippen LogP contribution in [0.4, 0.5) is 0 Å². The van der Waals surface area contributed by atoms with Gasteiger partial charge in [-0.2, -0.15) is 0 Å². The topological polar surface area (TPSA) is 68.3 Å². The molecule has 0 spiro atoms. The number of nitrogens with one attached hydrogen (secondary N) is 1. The SMILES string of the molecule is CC1(NC(=O)c2ccccn2)CCCCC1.COC=O. The van der Waals surface area contributed by atoms with Crippen molar-refractivity contribution in [3.63, 3.8) is 0 Å². The van der Waals surface area contributed by atoms with Crippen molar-refractivity contribution in [3.05, 3.63) is 30.1 Å².